The van der Waals surface area contributed by atoms with Crippen LogP contribution in [0.15, 0.2) is 30.3 Å². The van der Waals surface area contributed by atoms with Gasteiger partial charge in [-0.2, -0.15) is 0 Å². The molecule has 3 N–H and O–H groups in total. The van der Waals surface area contributed by atoms with Crippen LogP contribution in [0.25, 0.3) is 11.3 Å². The van der Waals surface area contributed by atoms with Gasteiger partial charge in [-0.1, -0.05) is 30.3 Å². The zero-order valence-electron chi connectivity index (χ0n) is 12.6. The van der Waals surface area contributed by atoms with E-state index in [4.69, 9.17) is 5.73 Å². The van der Waals surface area contributed by atoms with Crippen molar-refractivity contribution < 1.29 is 4.79 Å². The predicted octanol–water partition coefficient (Wildman–Crippen LogP) is 2.51. The summed E-state index contributed by atoms with van der Waals surface area (Å²) in [6.07, 6.45) is 0.722. The Morgan fingerprint density at radius 3 is 2.62 bits per heavy atom. The predicted molar refractivity (Wildman–Crippen MR) is 87.3 cm³/mol. The van der Waals surface area contributed by atoms with Crippen molar-refractivity contribution in [3.8, 4) is 11.3 Å². The second-order valence-corrected chi connectivity index (χ2v) is 6.89. The molecule has 2 aromatic rings. The normalized spacial score (nSPS) is 11.4. The molecule has 1 heterocycles. The van der Waals surface area contributed by atoms with E-state index in [0.29, 0.717) is 6.54 Å². The molecule has 1 amide bonds. The fourth-order valence-electron chi connectivity index (χ4n) is 1.93. The highest BCUT2D eigenvalue weighted by Gasteiger charge is 2.21. The molecule has 0 saturated carbocycles. The van der Waals surface area contributed by atoms with Crippen molar-refractivity contribution in [2.75, 3.05) is 6.54 Å². The van der Waals surface area contributed by atoms with Crippen molar-refractivity contribution in [3.05, 3.63) is 40.2 Å². The number of carbonyl (C=O) groups is 1. The smallest absolute Gasteiger partial charge is 0.239 e. The summed E-state index contributed by atoms with van der Waals surface area (Å²) in [6.45, 7) is 6.03. The maximum absolute atomic E-state index is 11.7. The molecule has 0 atom stereocenters. The molecular weight excluding hydrogens is 282 g/mol. The van der Waals surface area contributed by atoms with Crippen LogP contribution in [-0.2, 0) is 11.2 Å². The number of benzene rings is 1. The van der Waals surface area contributed by atoms with E-state index >= 15 is 0 Å². The third kappa shape index (κ3) is 4.12. The lowest BCUT2D eigenvalue weighted by atomic mass is 10.1. The van der Waals surface area contributed by atoms with Crippen LogP contribution in [0.2, 0.25) is 0 Å². The van der Waals surface area contributed by atoms with Gasteiger partial charge in [0.05, 0.1) is 16.2 Å². The van der Waals surface area contributed by atoms with Gasteiger partial charge in [-0.15, -0.1) is 11.3 Å². The van der Waals surface area contributed by atoms with E-state index in [1.54, 1.807) is 25.2 Å². The summed E-state index contributed by atoms with van der Waals surface area (Å²) < 4.78 is 0. The van der Waals surface area contributed by atoms with E-state index in [9.17, 15) is 4.79 Å². The minimum absolute atomic E-state index is 0.140. The highest BCUT2D eigenvalue weighted by Crippen LogP contribution is 2.27. The highest BCUT2D eigenvalue weighted by atomic mass is 32.1. The number of aromatic nitrogens is 1. The van der Waals surface area contributed by atoms with Crippen LogP contribution >= 0.6 is 11.3 Å². The van der Waals surface area contributed by atoms with Gasteiger partial charge in [-0.3, -0.25) is 4.79 Å². The lowest BCUT2D eigenvalue weighted by Crippen LogP contribution is -2.49. The summed E-state index contributed by atoms with van der Waals surface area (Å²) in [6, 6.07) is 10.1. The molecule has 0 fully saturated rings. The molecule has 0 unspecified atom stereocenters. The SMILES string of the molecule is Cc1sc(CCNC(=O)C(C)(C)N)nc1-c1ccccc1. The number of aryl methyl sites for hydroxylation is 1. The number of nitrogens with zero attached hydrogens (tertiary/aromatic N) is 1. The van der Waals surface area contributed by atoms with Crippen molar-refractivity contribution in [2.45, 2.75) is 32.7 Å². The van der Waals surface area contributed by atoms with Gasteiger partial charge in [0.1, 0.15) is 0 Å². The number of thiazole rings is 1. The van der Waals surface area contributed by atoms with E-state index in [2.05, 4.69) is 29.4 Å². The van der Waals surface area contributed by atoms with Gasteiger partial charge in [-0.05, 0) is 20.8 Å². The Hall–Kier alpha value is -1.72. The monoisotopic (exact) mass is 303 g/mol. The molecule has 0 aliphatic rings. The van der Waals surface area contributed by atoms with Crippen molar-refractivity contribution in [1.82, 2.24) is 10.3 Å². The van der Waals surface area contributed by atoms with E-state index in [1.807, 2.05) is 18.2 Å². The molecule has 112 valence electrons. The third-order valence-electron chi connectivity index (χ3n) is 3.10. The summed E-state index contributed by atoms with van der Waals surface area (Å²) in [7, 11) is 0. The third-order valence-corrected chi connectivity index (χ3v) is 4.13. The highest BCUT2D eigenvalue weighted by molar-refractivity contribution is 7.12. The van der Waals surface area contributed by atoms with Crippen LogP contribution in [0.1, 0.15) is 23.7 Å². The minimum Gasteiger partial charge on any atom is -0.354 e. The standard InChI is InChI=1S/C16H21N3OS/c1-11-14(12-7-5-4-6-8-12)19-13(21-11)9-10-18-15(20)16(2,3)17/h4-8H,9-10,17H2,1-3H3,(H,18,20). The van der Waals surface area contributed by atoms with E-state index < -0.39 is 5.54 Å². The maximum Gasteiger partial charge on any atom is 0.239 e. The number of amides is 1. The Balaban J connectivity index is 1.99. The molecule has 1 aromatic carbocycles. The Kier molecular flexibility index (Phi) is 4.75. The summed E-state index contributed by atoms with van der Waals surface area (Å²) in [5, 5.41) is 3.87. The van der Waals surface area contributed by atoms with Crippen LogP contribution in [0.4, 0.5) is 0 Å². The molecule has 4 nitrogen and oxygen atoms in total. The van der Waals surface area contributed by atoms with Gasteiger partial charge in [-0.25, -0.2) is 4.98 Å². The summed E-state index contributed by atoms with van der Waals surface area (Å²) >= 11 is 1.67. The molecule has 0 aliphatic carbocycles. The van der Waals surface area contributed by atoms with E-state index in [1.165, 1.54) is 4.88 Å². The number of rotatable bonds is 5. The second-order valence-electron chi connectivity index (χ2n) is 5.61. The van der Waals surface area contributed by atoms with E-state index in [-0.39, 0.29) is 5.91 Å². The van der Waals surface area contributed by atoms with Crippen LogP contribution in [-0.4, -0.2) is 23.0 Å². The Morgan fingerprint density at radius 2 is 2.00 bits per heavy atom. The molecule has 0 radical (unpaired) electrons. The van der Waals surface area contributed by atoms with Gasteiger partial charge in [0.15, 0.2) is 0 Å². The first kappa shape index (κ1) is 15.7. The molecule has 21 heavy (non-hydrogen) atoms. The van der Waals surface area contributed by atoms with Gasteiger partial charge in [0.25, 0.3) is 0 Å². The van der Waals surface area contributed by atoms with Crippen molar-refractivity contribution in [3.63, 3.8) is 0 Å². The zero-order chi connectivity index (χ0) is 15.5. The van der Waals surface area contributed by atoms with Gasteiger partial charge >= 0.3 is 0 Å². The second kappa shape index (κ2) is 6.37. The van der Waals surface area contributed by atoms with Crippen molar-refractivity contribution >= 4 is 17.2 Å². The van der Waals surface area contributed by atoms with E-state index in [0.717, 1.165) is 22.7 Å². The van der Waals surface area contributed by atoms with Crippen molar-refractivity contribution in [1.29, 1.82) is 0 Å². The molecule has 5 heteroatoms. The number of carbonyl (C=O) groups excluding carboxylic acids is 1. The summed E-state index contributed by atoms with van der Waals surface area (Å²) in [5.74, 6) is -0.140. The van der Waals surface area contributed by atoms with Gasteiger partial charge < -0.3 is 11.1 Å². The molecule has 1 aromatic heterocycles. The Labute approximate surface area is 129 Å². The molecule has 2 rings (SSSR count). The first-order chi connectivity index (χ1) is 9.88. The first-order valence-electron chi connectivity index (χ1n) is 6.97. The zero-order valence-corrected chi connectivity index (χ0v) is 13.5. The Bertz CT molecular complexity index is 614. The maximum atomic E-state index is 11.7. The van der Waals surface area contributed by atoms with Crippen LogP contribution < -0.4 is 11.1 Å². The minimum atomic E-state index is -0.839. The fraction of sp³-hybridized carbons (Fsp3) is 0.375. The fourth-order valence-corrected chi connectivity index (χ4v) is 2.89. The van der Waals surface area contributed by atoms with Gasteiger partial charge in [0, 0.05) is 23.4 Å². The first-order valence-corrected chi connectivity index (χ1v) is 7.78. The Morgan fingerprint density at radius 1 is 1.33 bits per heavy atom. The number of hydrogen-bond acceptors (Lipinski definition) is 4. The average molecular weight is 303 g/mol. The lowest BCUT2D eigenvalue weighted by molar-refractivity contribution is -0.125. The molecule has 0 bridgehead atoms. The van der Waals surface area contributed by atoms with Crippen LogP contribution in [0.5, 0.6) is 0 Å². The lowest BCUT2D eigenvalue weighted by Gasteiger charge is -2.17. The summed E-state index contributed by atoms with van der Waals surface area (Å²) in [5.41, 5.74) is 7.06. The molecule has 0 saturated heterocycles. The number of nitrogens with two attached hydrogens (primary N) is 1. The molecular formula is C16H21N3OS. The van der Waals surface area contributed by atoms with Crippen LogP contribution in [0, 0.1) is 6.92 Å². The van der Waals surface area contributed by atoms with Crippen LogP contribution in [0.3, 0.4) is 0 Å². The number of hydrogen-bond donors (Lipinski definition) is 2. The van der Waals surface area contributed by atoms with Gasteiger partial charge in [0.2, 0.25) is 5.91 Å². The number of nitrogens with one attached hydrogen (secondary N) is 1. The molecule has 0 aliphatic heterocycles. The summed E-state index contributed by atoms with van der Waals surface area (Å²) in [4.78, 5) is 17.6. The quantitative estimate of drug-likeness (QED) is 0.892. The topological polar surface area (TPSA) is 68.0 Å². The molecule has 0 spiro atoms. The van der Waals surface area contributed by atoms with Crippen molar-refractivity contribution in [2.24, 2.45) is 5.73 Å². The average Bonchev–Trinajstić information content (AvgIpc) is 2.80. The largest absolute Gasteiger partial charge is 0.354 e.